The van der Waals surface area contributed by atoms with Gasteiger partial charge in [0.2, 0.25) is 0 Å². The van der Waals surface area contributed by atoms with Crippen LogP contribution in [0.15, 0.2) is 0 Å². The molecule has 0 bridgehead atoms. The van der Waals surface area contributed by atoms with Crippen molar-refractivity contribution in [2.45, 2.75) is 93.4 Å². The molecule has 0 aliphatic heterocycles. The fraction of sp³-hybridized carbons (Fsp3) is 0.900. The summed E-state index contributed by atoms with van der Waals surface area (Å²) >= 11 is 0. The van der Waals surface area contributed by atoms with Gasteiger partial charge in [-0.15, -0.1) is 0 Å². The monoisotopic (exact) mass is 357 g/mol. The molecule has 5 nitrogen and oxygen atoms in total. The third-order valence-electron chi connectivity index (χ3n) is 5.51. The van der Waals surface area contributed by atoms with Gasteiger partial charge in [0.05, 0.1) is 11.5 Å². The summed E-state index contributed by atoms with van der Waals surface area (Å²) in [6.07, 6.45) is 1.42. The summed E-state index contributed by atoms with van der Waals surface area (Å²) in [7, 11) is 0. The van der Waals surface area contributed by atoms with Gasteiger partial charge in [0.1, 0.15) is 0 Å². The third kappa shape index (κ3) is 7.06. The first-order valence-corrected chi connectivity index (χ1v) is 9.31. The molecule has 3 N–H and O–H groups in total. The molecule has 0 aliphatic carbocycles. The van der Waals surface area contributed by atoms with Crippen molar-refractivity contribution in [3.05, 3.63) is 0 Å². The topological polar surface area (TPSA) is 89.6 Å². The van der Waals surface area contributed by atoms with E-state index in [2.05, 4.69) is 27.7 Å². The first-order valence-electron chi connectivity index (χ1n) is 9.31. The molecule has 0 aromatic heterocycles. The second-order valence-corrected chi connectivity index (χ2v) is 9.25. The van der Waals surface area contributed by atoms with Crippen molar-refractivity contribution in [1.82, 2.24) is 0 Å². The Hall–Kier alpha value is -0.940. The lowest BCUT2D eigenvalue weighted by atomic mass is 9.76. The summed E-state index contributed by atoms with van der Waals surface area (Å²) in [5, 5.41) is 9.32. The van der Waals surface area contributed by atoms with Gasteiger partial charge in [0.15, 0.2) is 11.5 Å². The van der Waals surface area contributed by atoms with Gasteiger partial charge in [-0.25, -0.2) is 0 Å². The van der Waals surface area contributed by atoms with Gasteiger partial charge in [0.25, 0.3) is 0 Å². The van der Waals surface area contributed by atoms with E-state index < -0.39 is 23.0 Å². The molecular weight excluding hydrogens is 318 g/mol. The molecule has 0 fully saturated rings. The Balaban J connectivity index is 5.10. The van der Waals surface area contributed by atoms with Crippen LogP contribution in [0.25, 0.3) is 0 Å². The SMILES string of the molecule is CCC(CC(C)(C)C(=O)O)C(=O)C(C)(N)OC(C)CC(C)(C)C(C)C. The van der Waals surface area contributed by atoms with Gasteiger partial charge >= 0.3 is 5.97 Å². The molecule has 0 aromatic rings. The molecule has 0 amide bonds. The van der Waals surface area contributed by atoms with Crippen LogP contribution >= 0.6 is 0 Å². The minimum absolute atomic E-state index is 0.0774. The smallest absolute Gasteiger partial charge is 0.309 e. The normalized spacial score (nSPS) is 17.9. The summed E-state index contributed by atoms with van der Waals surface area (Å²) < 4.78 is 5.92. The molecule has 5 heteroatoms. The third-order valence-corrected chi connectivity index (χ3v) is 5.51. The molecule has 0 heterocycles. The zero-order valence-electron chi connectivity index (χ0n) is 17.6. The first kappa shape index (κ1) is 24.1. The predicted molar refractivity (Wildman–Crippen MR) is 101 cm³/mol. The first-order chi connectivity index (χ1) is 11.1. The van der Waals surface area contributed by atoms with Crippen LogP contribution < -0.4 is 5.73 Å². The second-order valence-electron chi connectivity index (χ2n) is 9.25. The van der Waals surface area contributed by atoms with Gasteiger partial charge in [-0.05, 0) is 58.3 Å². The van der Waals surface area contributed by atoms with E-state index >= 15 is 0 Å². The zero-order valence-corrected chi connectivity index (χ0v) is 17.6. The number of hydrogen-bond acceptors (Lipinski definition) is 4. The lowest BCUT2D eigenvalue weighted by Crippen LogP contribution is -2.53. The minimum Gasteiger partial charge on any atom is -0.481 e. The number of carbonyl (C=O) groups is 2. The van der Waals surface area contributed by atoms with E-state index in [1.165, 1.54) is 0 Å². The van der Waals surface area contributed by atoms with Crippen LogP contribution in [0.5, 0.6) is 0 Å². The van der Waals surface area contributed by atoms with Crippen LogP contribution in [0.3, 0.4) is 0 Å². The summed E-state index contributed by atoms with van der Waals surface area (Å²) in [6.45, 7) is 17.4. The maximum atomic E-state index is 12.9. The Morgan fingerprint density at radius 2 is 1.52 bits per heavy atom. The summed E-state index contributed by atoms with van der Waals surface area (Å²) in [6, 6.07) is 0. The fourth-order valence-corrected chi connectivity index (χ4v) is 3.03. The fourth-order valence-electron chi connectivity index (χ4n) is 3.03. The van der Waals surface area contributed by atoms with Crippen LogP contribution in [-0.4, -0.2) is 28.7 Å². The quantitative estimate of drug-likeness (QED) is 0.540. The van der Waals surface area contributed by atoms with Crippen molar-refractivity contribution in [1.29, 1.82) is 0 Å². The molecule has 25 heavy (non-hydrogen) atoms. The largest absolute Gasteiger partial charge is 0.481 e. The molecule has 0 aliphatic rings. The summed E-state index contributed by atoms with van der Waals surface area (Å²) in [5.41, 5.74) is 3.90. The maximum Gasteiger partial charge on any atom is 0.309 e. The van der Waals surface area contributed by atoms with Crippen LogP contribution in [0.1, 0.15) is 81.6 Å². The van der Waals surface area contributed by atoms with Gasteiger partial charge in [0, 0.05) is 5.92 Å². The van der Waals surface area contributed by atoms with Crippen molar-refractivity contribution in [3.63, 3.8) is 0 Å². The van der Waals surface area contributed by atoms with Crippen LogP contribution in [-0.2, 0) is 14.3 Å². The molecule has 3 atom stereocenters. The number of ether oxygens (including phenoxy) is 1. The summed E-state index contributed by atoms with van der Waals surface area (Å²) in [4.78, 5) is 24.3. The van der Waals surface area contributed by atoms with Crippen LogP contribution in [0, 0.1) is 22.7 Å². The van der Waals surface area contributed by atoms with Crippen molar-refractivity contribution in [2.75, 3.05) is 0 Å². The highest BCUT2D eigenvalue weighted by molar-refractivity contribution is 5.89. The van der Waals surface area contributed by atoms with E-state index in [1.807, 2.05) is 13.8 Å². The highest BCUT2D eigenvalue weighted by atomic mass is 16.5. The van der Waals surface area contributed by atoms with Gasteiger partial charge in [-0.2, -0.15) is 0 Å². The summed E-state index contributed by atoms with van der Waals surface area (Å²) in [5.74, 6) is -1.09. The van der Waals surface area contributed by atoms with Crippen molar-refractivity contribution in [3.8, 4) is 0 Å². The predicted octanol–water partition coefficient (Wildman–Crippen LogP) is 4.23. The van der Waals surface area contributed by atoms with Gasteiger partial charge in [-0.3, -0.25) is 15.3 Å². The molecule has 0 radical (unpaired) electrons. The standard InChI is InChI=1S/C20H39NO4/c1-10-15(12-19(7,8)17(23)24)16(22)20(9,21)25-14(4)11-18(5,6)13(2)3/h13-15H,10-12,21H2,1-9H3,(H,23,24). The van der Waals surface area contributed by atoms with E-state index in [1.54, 1.807) is 20.8 Å². The number of hydrogen-bond donors (Lipinski definition) is 2. The number of carbonyl (C=O) groups excluding carboxylic acids is 1. The number of Topliss-reactive ketones (excluding diaryl/α,β-unsaturated/α-hetero) is 1. The Morgan fingerprint density at radius 1 is 1.04 bits per heavy atom. The Bertz CT molecular complexity index is 466. The lowest BCUT2D eigenvalue weighted by Gasteiger charge is -2.37. The van der Waals surface area contributed by atoms with E-state index in [9.17, 15) is 14.7 Å². The molecule has 0 saturated heterocycles. The highest BCUT2D eigenvalue weighted by Crippen LogP contribution is 2.34. The average molecular weight is 358 g/mol. The van der Waals surface area contributed by atoms with Crippen LogP contribution in [0.4, 0.5) is 0 Å². The van der Waals surface area contributed by atoms with E-state index in [0.717, 1.165) is 6.42 Å². The molecule has 0 rings (SSSR count). The maximum absolute atomic E-state index is 12.9. The number of ketones is 1. The molecule has 0 spiro atoms. The second kappa shape index (κ2) is 8.63. The Kier molecular flexibility index (Phi) is 8.31. The van der Waals surface area contributed by atoms with E-state index in [4.69, 9.17) is 10.5 Å². The van der Waals surface area contributed by atoms with Crippen molar-refractivity contribution >= 4 is 11.8 Å². The number of nitrogens with two attached hydrogens (primary N) is 1. The molecule has 3 unspecified atom stereocenters. The van der Waals surface area contributed by atoms with E-state index in [-0.39, 0.29) is 23.7 Å². The Labute approximate surface area is 153 Å². The average Bonchev–Trinajstić information content (AvgIpc) is 2.42. The van der Waals surface area contributed by atoms with Crippen molar-refractivity contribution < 1.29 is 19.4 Å². The zero-order chi connectivity index (χ0) is 20.2. The molecule has 0 saturated carbocycles. The highest BCUT2D eigenvalue weighted by Gasteiger charge is 2.41. The number of carboxylic acid groups (broad SMARTS) is 1. The van der Waals surface area contributed by atoms with E-state index in [0.29, 0.717) is 12.3 Å². The van der Waals surface area contributed by atoms with Crippen molar-refractivity contribution in [2.24, 2.45) is 28.4 Å². The number of carboxylic acids is 1. The minimum atomic E-state index is -1.41. The number of aliphatic carboxylic acids is 1. The Morgan fingerprint density at radius 3 is 1.88 bits per heavy atom. The van der Waals surface area contributed by atoms with Gasteiger partial charge < -0.3 is 9.84 Å². The number of rotatable bonds is 11. The molecular formula is C20H39NO4. The van der Waals surface area contributed by atoms with Gasteiger partial charge in [-0.1, -0.05) is 34.6 Å². The lowest BCUT2D eigenvalue weighted by molar-refractivity contribution is -0.158. The molecule has 0 aromatic carbocycles. The van der Waals surface area contributed by atoms with Crippen LogP contribution in [0.2, 0.25) is 0 Å². The molecule has 148 valence electrons.